The second-order valence-corrected chi connectivity index (χ2v) is 6.76. The standard InChI is InChI=1S/C17H15N3O2S2/c1-20(16(22)13-7-8-23-10-13)9-15(21)19-17-18-14(11-24-17)12-5-3-2-4-6-12/h2-8,10-11H,9H2,1H3,(H,18,19,21). The van der Waals surface area contributed by atoms with Crippen LogP contribution in [0.15, 0.2) is 52.5 Å². The van der Waals surface area contributed by atoms with Crippen LogP contribution in [0.4, 0.5) is 5.13 Å². The maximum absolute atomic E-state index is 12.1. The van der Waals surface area contributed by atoms with E-state index in [2.05, 4.69) is 10.3 Å². The van der Waals surface area contributed by atoms with E-state index < -0.39 is 0 Å². The number of carbonyl (C=O) groups excluding carboxylic acids is 2. The highest BCUT2D eigenvalue weighted by atomic mass is 32.1. The van der Waals surface area contributed by atoms with Crippen LogP contribution in [-0.2, 0) is 4.79 Å². The fourth-order valence-corrected chi connectivity index (χ4v) is 3.49. The summed E-state index contributed by atoms with van der Waals surface area (Å²) in [7, 11) is 1.61. The van der Waals surface area contributed by atoms with Crippen LogP contribution >= 0.6 is 22.7 Å². The molecule has 2 amide bonds. The molecule has 0 saturated heterocycles. The Morgan fingerprint density at radius 1 is 1.17 bits per heavy atom. The van der Waals surface area contributed by atoms with Crippen molar-refractivity contribution in [3.05, 3.63) is 58.1 Å². The molecule has 1 aromatic carbocycles. The van der Waals surface area contributed by atoms with Gasteiger partial charge in [-0.25, -0.2) is 4.98 Å². The fourth-order valence-electron chi connectivity index (χ4n) is 2.13. The monoisotopic (exact) mass is 357 g/mol. The van der Waals surface area contributed by atoms with Gasteiger partial charge >= 0.3 is 0 Å². The first-order chi connectivity index (χ1) is 11.6. The SMILES string of the molecule is CN(CC(=O)Nc1nc(-c2ccccc2)cs1)C(=O)c1ccsc1. The lowest BCUT2D eigenvalue weighted by Crippen LogP contribution is -2.34. The number of benzene rings is 1. The molecule has 0 atom stereocenters. The summed E-state index contributed by atoms with van der Waals surface area (Å²) in [5.41, 5.74) is 2.41. The van der Waals surface area contributed by atoms with Crippen LogP contribution in [0.25, 0.3) is 11.3 Å². The van der Waals surface area contributed by atoms with Crippen LogP contribution in [0.2, 0.25) is 0 Å². The first kappa shape index (κ1) is 16.4. The summed E-state index contributed by atoms with van der Waals surface area (Å²) in [5, 5.41) is 8.76. The number of likely N-dealkylation sites (N-methyl/N-ethyl adjacent to an activating group) is 1. The van der Waals surface area contributed by atoms with Gasteiger partial charge < -0.3 is 10.2 Å². The molecule has 3 rings (SSSR count). The van der Waals surface area contributed by atoms with Gasteiger partial charge in [0, 0.05) is 23.4 Å². The number of carbonyl (C=O) groups is 2. The van der Waals surface area contributed by atoms with Gasteiger partial charge in [-0.15, -0.1) is 11.3 Å². The van der Waals surface area contributed by atoms with Gasteiger partial charge in [0.1, 0.15) is 0 Å². The highest BCUT2D eigenvalue weighted by Gasteiger charge is 2.16. The molecule has 0 aliphatic rings. The molecule has 0 radical (unpaired) electrons. The minimum atomic E-state index is -0.268. The molecule has 0 fully saturated rings. The molecule has 0 spiro atoms. The minimum absolute atomic E-state index is 0.0189. The predicted octanol–water partition coefficient (Wildman–Crippen LogP) is 3.58. The van der Waals surface area contributed by atoms with Crippen LogP contribution in [0.1, 0.15) is 10.4 Å². The number of anilines is 1. The van der Waals surface area contributed by atoms with Gasteiger partial charge in [0.2, 0.25) is 5.91 Å². The Hall–Kier alpha value is -2.51. The zero-order valence-electron chi connectivity index (χ0n) is 12.9. The topological polar surface area (TPSA) is 62.3 Å². The number of hydrogen-bond donors (Lipinski definition) is 1. The highest BCUT2D eigenvalue weighted by Crippen LogP contribution is 2.24. The quantitative estimate of drug-likeness (QED) is 0.759. The number of thiophene rings is 1. The summed E-state index contributed by atoms with van der Waals surface area (Å²) in [6.45, 7) is -0.0189. The summed E-state index contributed by atoms with van der Waals surface area (Å²) in [5.74, 6) is -0.439. The highest BCUT2D eigenvalue weighted by molar-refractivity contribution is 7.14. The van der Waals surface area contributed by atoms with Gasteiger partial charge in [-0.1, -0.05) is 30.3 Å². The van der Waals surface area contributed by atoms with Crippen molar-refractivity contribution in [2.45, 2.75) is 0 Å². The van der Waals surface area contributed by atoms with Crippen LogP contribution < -0.4 is 5.32 Å². The summed E-state index contributed by atoms with van der Waals surface area (Å²) < 4.78 is 0. The molecular weight excluding hydrogens is 342 g/mol. The molecule has 0 saturated carbocycles. The van der Waals surface area contributed by atoms with E-state index in [1.165, 1.54) is 27.6 Å². The smallest absolute Gasteiger partial charge is 0.254 e. The Morgan fingerprint density at radius 2 is 1.96 bits per heavy atom. The minimum Gasteiger partial charge on any atom is -0.332 e. The maximum Gasteiger partial charge on any atom is 0.254 e. The number of hydrogen-bond acceptors (Lipinski definition) is 5. The summed E-state index contributed by atoms with van der Waals surface area (Å²) in [6.07, 6.45) is 0. The normalized spacial score (nSPS) is 10.4. The zero-order valence-corrected chi connectivity index (χ0v) is 14.6. The molecule has 24 heavy (non-hydrogen) atoms. The van der Waals surface area contributed by atoms with E-state index in [4.69, 9.17) is 0 Å². The largest absolute Gasteiger partial charge is 0.332 e. The average molecular weight is 357 g/mol. The maximum atomic E-state index is 12.1. The van der Waals surface area contributed by atoms with Crippen molar-refractivity contribution < 1.29 is 9.59 Å². The number of nitrogens with zero attached hydrogens (tertiary/aromatic N) is 2. The lowest BCUT2D eigenvalue weighted by atomic mass is 10.2. The fraction of sp³-hybridized carbons (Fsp3) is 0.118. The lowest BCUT2D eigenvalue weighted by Gasteiger charge is -2.15. The van der Waals surface area contributed by atoms with Crippen molar-refractivity contribution in [1.82, 2.24) is 9.88 Å². The Kier molecular flexibility index (Phi) is 5.02. The first-order valence-corrected chi connectivity index (χ1v) is 9.04. The molecular formula is C17H15N3O2S2. The predicted molar refractivity (Wildman–Crippen MR) is 97.5 cm³/mol. The number of thiazole rings is 1. The van der Waals surface area contributed by atoms with Gasteiger partial charge in [0.25, 0.3) is 5.91 Å². The van der Waals surface area contributed by atoms with E-state index in [0.29, 0.717) is 10.7 Å². The van der Waals surface area contributed by atoms with Crippen molar-refractivity contribution in [3.63, 3.8) is 0 Å². The molecule has 0 unspecified atom stereocenters. The molecule has 0 bridgehead atoms. The number of rotatable bonds is 5. The molecule has 3 aromatic rings. The second kappa shape index (κ2) is 7.37. The van der Waals surface area contributed by atoms with Crippen LogP contribution in [0.5, 0.6) is 0 Å². The third-order valence-electron chi connectivity index (χ3n) is 3.32. The lowest BCUT2D eigenvalue weighted by molar-refractivity contribution is -0.116. The van der Waals surface area contributed by atoms with Crippen molar-refractivity contribution in [3.8, 4) is 11.3 Å². The van der Waals surface area contributed by atoms with Crippen LogP contribution in [0, 0.1) is 0 Å². The summed E-state index contributed by atoms with van der Waals surface area (Å²) in [4.78, 5) is 30.0. The van der Waals surface area contributed by atoms with Crippen LogP contribution in [-0.4, -0.2) is 35.3 Å². The van der Waals surface area contributed by atoms with Crippen molar-refractivity contribution in [1.29, 1.82) is 0 Å². The number of nitrogens with one attached hydrogen (secondary N) is 1. The summed E-state index contributed by atoms with van der Waals surface area (Å²) >= 11 is 2.81. The van der Waals surface area contributed by atoms with E-state index in [1.54, 1.807) is 18.5 Å². The molecule has 2 aromatic heterocycles. The van der Waals surface area contributed by atoms with Crippen molar-refractivity contribution in [2.24, 2.45) is 0 Å². The van der Waals surface area contributed by atoms with Crippen LogP contribution in [0.3, 0.4) is 0 Å². The van der Waals surface area contributed by atoms with E-state index in [1.807, 2.05) is 41.1 Å². The van der Waals surface area contributed by atoms with Gasteiger partial charge in [0.05, 0.1) is 17.8 Å². The molecule has 5 nitrogen and oxygen atoms in total. The molecule has 7 heteroatoms. The Balaban J connectivity index is 1.59. The van der Waals surface area contributed by atoms with E-state index in [0.717, 1.165) is 11.3 Å². The summed E-state index contributed by atoms with van der Waals surface area (Å²) in [6, 6.07) is 11.5. The number of amides is 2. The molecule has 0 aliphatic carbocycles. The Labute approximate surface area is 147 Å². The average Bonchev–Trinajstić information content (AvgIpc) is 3.26. The van der Waals surface area contributed by atoms with E-state index >= 15 is 0 Å². The molecule has 2 heterocycles. The molecule has 1 N–H and O–H groups in total. The Bertz CT molecular complexity index is 829. The third kappa shape index (κ3) is 3.87. The first-order valence-electron chi connectivity index (χ1n) is 7.22. The Morgan fingerprint density at radius 3 is 2.67 bits per heavy atom. The molecule has 0 aliphatic heterocycles. The van der Waals surface area contributed by atoms with E-state index in [9.17, 15) is 9.59 Å². The van der Waals surface area contributed by atoms with Gasteiger partial charge in [-0.3, -0.25) is 9.59 Å². The molecule has 122 valence electrons. The van der Waals surface area contributed by atoms with Gasteiger partial charge in [-0.05, 0) is 11.4 Å². The zero-order chi connectivity index (χ0) is 16.9. The van der Waals surface area contributed by atoms with E-state index in [-0.39, 0.29) is 18.4 Å². The third-order valence-corrected chi connectivity index (χ3v) is 4.76. The van der Waals surface area contributed by atoms with Crippen molar-refractivity contribution in [2.75, 3.05) is 18.9 Å². The number of aromatic nitrogens is 1. The van der Waals surface area contributed by atoms with Gasteiger partial charge in [-0.2, -0.15) is 11.3 Å². The van der Waals surface area contributed by atoms with Crippen molar-refractivity contribution >= 4 is 39.6 Å². The second-order valence-electron chi connectivity index (χ2n) is 5.13. The van der Waals surface area contributed by atoms with Gasteiger partial charge in [0.15, 0.2) is 5.13 Å².